The number of hydrogen-bond donors (Lipinski definition) is 1. The van der Waals surface area contributed by atoms with E-state index >= 15 is 0 Å². The number of anilines is 1. The number of aryl methyl sites for hydroxylation is 1. The van der Waals surface area contributed by atoms with Crippen molar-refractivity contribution in [1.82, 2.24) is 10.2 Å². The van der Waals surface area contributed by atoms with E-state index in [1.54, 1.807) is 12.1 Å². The molecule has 1 N–H and O–H groups in total. The van der Waals surface area contributed by atoms with E-state index in [9.17, 15) is 28.1 Å². The zero-order valence-electron chi connectivity index (χ0n) is 28.4. The molecule has 1 saturated carbocycles. The number of rotatable bonds is 14. The smallest absolute Gasteiger partial charge is 0.273 e. The monoisotopic (exact) mass is 786 g/mol. The maximum atomic E-state index is 14.9. The number of nitrogens with zero attached hydrogens (tertiary/aromatic N) is 3. The number of nitro benzene ring substituents is 1. The third-order valence-corrected chi connectivity index (χ3v) is 11.6. The number of nitro groups is 1. The van der Waals surface area contributed by atoms with Crippen LogP contribution in [-0.4, -0.2) is 55.8 Å². The number of amides is 2. The molecule has 1 fully saturated rings. The van der Waals surface area contributed by atoms with E-state index in [1.165, 1.54) is 55.3 Å². The quantitative estimate of drug-likeness (QED) is 0.102. The molecule has 52 heavy (non-hydrogen) atoms. The first-order chi connectivity index (χ1) is 24.8. The molecule has 4 aromatic carbocycles. The predicted molar refractivity (Wildman–Crippen MR) is 202 cm³/mol. The fourth-order valence-corrected chi connectivity index (χ4v) is 8.27. The van der Waals surface area contributed by atoms with Crippen LogP contribution < -0.4 is 14.4 Å². The number of halogens is 3. The number of carbonyl (C=O) groups excluding carboxylic acids is 2. The Hall–Kier alpha value is -4.36. The minimum atomic E-state index is -4.72. The summed E-state index contributed by atoms with van der Waals surface area (Å²) in [5.41, 5.74) is 0.967. The van der Waals surface area contributed by atoms with Gasteiger partial charge in [0, 0.05) is 45.7 Å². The summed E-state index contributed by atoms with van der Waals surface area (Å²) in [7, 11) is -3.39. The molecule has 0 aliphatic heterocycles. The van der Waals surface area contributed by atoms with Crippen molar-refractivity contribution < 1.29 is 27.7 Å². The second-order valence-corrected chi connectivity index (χ2v) is 15.6. The molecule has 274 valence electrons. The summed E-state index contributed by atoms with van der Waals surface area (Å²) in [6.45, 7) is 0.466. The minimum absolute atomic E-state index is 0.0643. The normalized spacial score (nSPS) is 13.7. The molecule has 0 bridgehead atoms. The molecular weight excluding hydrogens is 751 g/mol. The van der Waals surface area contributed by atoms with E-state index in [2.05, 4.69) is 5.32 Å². The van der Waals surface area contributed by atoms with Crippen molar-refractivity contribution in [3.8, 4) is 5.75 Å². The van der Waals surface area contributed by atoms with E-state index in [1.807, 2.05) is 30.3 Å². The van der Waals surface area contributed by atoms with Crippen molar-refractivity contribution in [2.45, 2.75) is 62.6 Å². The second kappa shape index (κ2) is 17.0. The number of nitrogens with one attached hydrogen (secondary N) is 1. The van der Waals surface area contributed by atoms with Crippen LogP contribution >= 0.6 is 34.8 Å². The van der Waals surface area contributed by atoms with Crippen LogP contribution in [0.1, 0.15) is 42.4 Å². The average Bonchev–Trinajstić information content (AvgIpc) is 3.62. The lowest BCUT2D eigenvalue weighted by Crippen LogP contribution is -2.54. The van der Waals surface area contributed by atoms with Gasteiger partial charge in [-0.25, -0.2) is 8.42 Å². The average molecular weight is 788 g/mol. The molecule has 5 rings (SSSR count). The topological polar surface area (TPSA) is 139 Å². The third-order valence-electron chi connectivity index (χ3n) is 8.98. The summed E-state index contributed by atoms with van der Waals surface area (Å²) in [6, 6.07) is 20.5. The summed E-state index contributed by atoms with van der Waals surface area (Å²) < 4.78 is 35.4. The first-order valence-electron chi connectivity index (χ1n) is 16.5. The molecule has 2 amide bonds. The molecule has 11 nitrogen and oxygen atoms in total. The van der Waals surface area contributed by atoms with E-state index < -0.39 is 49.9 Å². The van der Waals surface area contributed by atoms with Crippen LogP contribution in [0.5, 0.6) is 5.75 Å². The van der Waals surface area contributed by atoms with Gasteiger partial charge in [0.25, 0.3) is 15.7 Å². The van der Waals surface area contributed by atoms with Gasteiger partial charge in [-0.2, -0.15) is 0 Å². The van der Waals surface area contributed by atoms with E-state index in [-0.39, 0.29) is 46.1 Å². The first-order valence-corrected chi connectivity index (χ1v) is 19.0. The fourth-order valence-electron chi connectivity index (χ4n) is 6.20. The zero-order valence-corrected chi connectivity index (χ0v) is 31.5. The Bertz CT molecular complexity index is 2060. The fraction of sp³-hybridized carbons (Fsp3) is 0.297. The Morgan fingerprint density at radius 1 is 0.962 bits per heavy atom. The van der Waals surface area contributed by atoms with Crippen LogP contribution in [0.3, 0.4) is 0 Å². The Morgan fingerprint density at radius 3 is 2.29 bits per heavy atom. The number of benzene rings is 4. The number of methoxy groups -OCH3 is 1. The Labute approximate surface area is 317 Å². The molecule has 1 aliphatic rings. The molecule has 4 aromatic rings. The lowest BCUT2D eigenvalue weighted by Gasteiger charge is -2.34. The van der Waals surface area contributed by atoms with Crippen LogP contribution in [0.25, 0.3) is 0 Å². The van der Waals surface area contributed by atoms with Gasteiger partial charge in [0.2, 0.25) is 11.8 Å². The minimum Gasteiger partial charge on any atom is -0.495 e. The van der Waals surface area contributed by atoms with E-state index in [0.717, 1.165) is 41.6 Å². The van der Waals surface area contributed by atoms with Gasteiger partial charge in [-0.05, 0) is 67.3 Å². The van der Waals surface area contributed by atoms with Crippen molar-refractivity contribution in [1.29, 1.82) is 0 Å². The Morgan fingerprint density at radius 2 is 1.63 bits per heavy atom. The molecular formula is C37H37Cl3N4O7S. The highest BCUT2D eigenvalue weighted by Crippen LogP contribution is 2.36. The van der Waals surface area contributed by atoms with Gasteiger partial charge in [0.05, 0.1) is 22.6 Å². The number of carbonyl (C=O) groups is 2. The molecule has 15 heteroatoms. The predicted octanol–water partition coefficient (Wildman–Crippen LogP) is 7.77. The largest absolute Gasteiger partial charge is 0.495 e. The van der Waals surface area contributed by atoms with Crippen LogP contribution in [-0.2, 0) is 32.6 Å². The highest BCUT2D eigenvalue weighted by molar-refractivity contribution is 7.92. The number of sulfonamides is 1. The SMILES string of the molecule is COc1ccc(Cl)cc1N(CC(=O)N(Cc1ccc(Cl)cc1Cl)C(Cc1ccccc1)C(=O)NC1CCCC1)S(=O)(=O)c1ccc(C)c([N+](=O)[O-])c1. The van der Waals surface area contributed by atoms with Crippen LogP contribution in [0.2, 0.25) is 15.1 Å². The lowest BCUT2D eigenvalue weighted by atomic mass is 10.0. The highest BCUT2D eigenvalue weighted by Gasteiger charge is 2.37. The maximum absolute atomic E-state index is 14.9. The van der Waals surface area contributed by atoms with Crippen molar-refractivity contribution in [3.05, 3.63) is 127 Å². The number of hydrogen-bond acceptors (Lipinski definition) is 7. The molecule has 0 radical (unpaired) electrons. The molecule has 0 saturated heterocycles. The summed E-state index contributed by atoms with van der Waals surface area (Å²) >= 11 is 19.2. The maximum Gasteiger partial charge on any atom is 0.273 e. The molecule has 1 aliphatic carbocycles. The van der Waals surface area contributed by atoms with Gasteiger partial charge >= 0.3 is 0 Å². The third kappa shape index (κ3) is 9.16. The summed E-state index contributed by atoms with van der Waals surface area (Å²) in [5.74, 6) is -1.10. The Kier molecular flexibility index (Phi) is 12.7. The molecule has 0 spiro atoms. The van der Waals surface area contributed by atoms with Crippen LogP contribution in [0, 0.1) is 17.0 Å². The van der Waals surface area contributed by atoms with Gasteiger partial charge in [-0.15, -0.1) is 0 Å². The summed E-state index contributed by atoms with van der Waals surface area (Å²) in [5, 5.41) is 15.7. The van der Waals surface area contributed by atoms with Crippen molar-refractivity contribution in [3.63, 3.8) is 0 Å². The highest BCUT2D eigenvalue weighted by atomic mass is 35.5. The standard InChI is InChI=1S/C37H37Cl3N4O7S/c1-24-12-16-30(21-32(24)44(47)48)52(49,50)43(33-20-28(39)15-17-35(33)51-2)23-36(45)42(22-26-13-14-27(38)19-31(26)40)34(18-25-8-4-3-5-9-25)37(46)41-29-10-6-7-11-29/h3-5,8-9,12-17,19-21,29,34H,6-7,10-11,18,22-23H2,1-2H3,(H,41,46). The lowest BCUT2D eigenvalue weighted by molar-refractivity contribution is -0.385. The first kappa shape index (κ1) is 38.9. The van der Waals surface area contributed by atoms with Gasteiger partial charge in [0.1, 0.15) is 18.3 Å². The Balaban J connectivity index is 1.65. The number of ether oxygens (including phenoxy) is 1. The van der Waals surface area contributed by atoms with Crippen molar-refractivity contribution in [2.75, 3.05) is 18.0 Å². The molecule has 1 atom stereocenters. The van der Waals surface area contributed by atoms with Crippen molar-refractivity contribution in [2.24, 2.45) is 0 Å². The van der Waals surface area contributed by atoms with Gasteiger partial charge in [-0.3, -0.25) is 24.0 Å². The van der Waals surface area contributed by atoms with Crippen LogP contribution in [0.4, 0.5) is 11.4 Å². The van der Waals surface area contributed by atoms with Crippen molar-refractivity contribution >= 4 is 68.0 Å². The molecule has 1 unspecified atom stereocenters. The molecule has 0 aromatic heterocycles. The zero-order chi connectivity index (χ0) is 37.6. The van der Waals surface area contributed by atoms with Gasteiger partial charge < -0.3 is 15.0 Å². The van der Waals surface area contributed by atoms with E-state index in [0.29, 0.717) is 10.6 Å². The summed E-state index contributed by atoms with van der Waals surface area (Å²) in [4.78, 5) is 41.1. The van der Waals surface area contributed by atoms with Gasteiger partial charge in [-0.1, -0.05) is 90.1 Å². The van der Waals surface area contributed by atoms with Crippen LogP contribution in [0.15, 0.2) is 89.8 Å². The molecule has 0 heterocycles. The summed E-state index contributed by atoms with van der Waals surface area (Å²) in [6.07, 6.45) is 3.62. The second-order valence-electron chi connectivity index (χ2n) is 12.5. The van der Waals surface area contributed by atoms with E-state index in [4.69, 9.17) is 39.5 Å². The van der Waals surface area contributed by atoms with Gasteiger partial charge in [0.15, 0.2) is 0 Å².